The summed E-state index contributed by atoms with van der Waals surface area (Å²) < 4.78 is 7.36. The number of H-pyrrole nitrogens is 1. The number of aryl methyl sites for hydroxylation is 1. The fourth-order valence-electron chi connectivity index (χ4n) is 2.96. The van der Waals surface area contributed by atoms with E-state index >= 15 is 0 Å². The van der Waals surface area contributed by atoms with Gasteiger partial charge >= 0.3 is 5.69 Å². The lowest BCUT2D eigenvalue weighted by Gasteiger charge is -2.08. The highest BCUT2D eigenvalue weighted by Gasteiger charge is 2.11. The van der Waals surface area contributed by atoms with Gasteiger partial charge in [-0.25, -0.2) is 14.3 Å². The number of fused-ring (bicyclic) bond motifs is 1. The minimum Gasteiger partial charge on any atom is -0.489 e. The molecule has 6 heteroatoms. The summed E-state index contributed by atoms with van der Waals surface area (Å²) in [6.45, 7) is 0.498. The molecular formula is C21H18ClN3O2. The first-order chi connectivity index (χ1) is 13.2. The van der Waals surface area contributed by atoms with Crippen LogP contribution >= 0.6 is 11.6 Å². The Hall–Kier alpha value is -3.05. The van der Waals surface area contributed by atoms with Gasteiger partial charge in [0.25, 0.3) is 0 Å². The second-order valence-corrected chi connectivity index (χ2v) is 6.57. The number of pyridine rings is 1. The molecule has 27 heavy (non-hydrogen) atoms. The van der Waals surface area contributed by atoms with E-state index in [0.717, 1.165) is 22.6 Å². The van der Waals surface area contributed by atoms with Gasteiger partial charge in [0.05, 0.1) is 11.2 Å². The Morgan fingerprint density at radius 3 is 2.56 bits per heavy atom. The van der Waals surface area contributed by atoms with E-state index < -0.39 is 0 Å². The van der Waals surface area contributed by atoms with Crippen LogP contribution in [0.2, 0.25) is 0 Å². The maximum absolute atomic E-state index is 12.4. The minimum absolute atomic E-state index is 0.224. The van der Waals surface area contributed by atoms with Crippen molar-refractivity contribution in [3.05, 3.63) is 88.5 Å². The molecule has 0 aliphatic heterocycles. The Morgan fingerprint density at radius 2 is 1.81 bits per heavy atom. The second-order valence-electron chi connectivity index (χ2n) is 6.19. The smallest absolute Gasteiger partial charge is 0.332 e. The summed E-state index contributed by atoms with van der Waals surface area (Å²) in [6, 6.07) is 19.3. The topological polar surface area (TPSA) is 59.9 Å². The Balaban J connectivity index is 1.58. The molecule has 4 aromatic rings. The van der Waals surface area contributed by atoms with Gasteiger partial charge in [0.15, 0.2) is 5.65 Å². The number of nitrogens with zero attached hydrogens (tertiary/aromatic N) is 2. The molecule has 5 nitrogen and oxygen atoms in total. The summed E-state index contributed by atoms with van der Waals surface area (Å²) in [5, 5.41) is 0. The summed E-state index contributed by atoms with van der Waals surface area (Å²) in [4.78, 5) is 19.7. The number of aromatic nitrogens is 3. The summed E-state index contributed by atoms with van der Waals surface area (Å²) in [7, 11) is 0. The molecule has 2 aromatic carbocycles. The molecule has 0 saturated heterocycles. The number of nitrogens with one attached hydrogen (secondary N) is 1. The Kier molecular flexibility index (Phi) is 4.94. The van der Waals surface area contributed by atoms with Crippen LogP contribution < -0.4 is 10.4 Å². The molecule has 2 aromatic heterocycles. The molecule has 2 heterocycles. The highest BCUT2D eigenvalue weighted by molar-refractivity contribution is 6.18. The van der Waals surface area contributed by atoms with E-state index in [2.05, 4.69) is 9.97 Å². The average molecular weight is 380 g/mol. The monoisotopic (exact) mass is 379 g/mol. The van der Waals surface area contributed by atoms with E-state index in [1.54, 1.807) is 10.8 Å². The average Bonchev–Trinajstić information content (AvgIpc) is 3.03. The molecule has 0 radical (unpaired) electrons. The van der Waals surface area contributed by atoms with Crippen molar-refractivity contribution in [1.29, 1.82) is 0 Å². The zero-order chi connectivity index (χ0) is 18.6. The third-order valence-corrected chi connectivity index (χ3v) is 4.50. The predicted octanol–water partition coefficient (Wildman–Crippen LogP) is 4.07. The Labute approximate surface area is 161 Å². The Morgan fingerprint density at radius 1 is 1.04 bits per heavy atom. The molecule has 0 aliphatic rings. The van der Waals surface area contributed by atoms with Crippen molar-refractivity contribution in [2.24, 2.45) is 0 Å². The van der Waals surface area contributed by atoms with Gasteiger partial charge in [-0.3, -0.25) is 0 Å². The maximum atomic E-state index is 12.4. The van der Waals surface area contributed by atoms with Crippen LogP contribution in [0.25, 0.3) is 16.9 Å². The van der Waals surface area contributed by atoms with Gasteiger partial charge in [0, 0.05) is 12.1 Å². The minimum atomic E-state index is -0.224. The van der Waals surface area contributed by atoms with Crippen molar-refractivity contribution >= 4 is 22.8 Å². The number of rotatable bonds is 6. The molecule has 0 fully saturated rings. The number of aromatic amines is 1. The molecule has 136 valence electrons. The van der Waals surface area contributed by atoms with Gasteiger partial charge in [0.2, 0.25) is 0 Å². The van der Waals surface area contributed by atoms with Crippen molar-refractivity contribution in [3.8, 4) is 11.4 Å². The summed E-state index contributed by atoms with van der Waals surface area (Å²) in [5.41, 5.74) is 3.90. The van der Waals surface area contributed by atoms with Crippen molar-refractivity contribution in [3.63, 3.8) is 0 Å². The predicted molar refractivity (Wildman–Crippen MR) is 107 cm³/mol. The number of imidazole rings is 1. The standard InChI is InChI=1S/C21H18ClN3O2/c22-11-10-16-12-19-20(23-13-16)25(21(26)24-19)17-6-8-18(9-7-17)27-14-15-4-2-1-3-5-15/h1-9,12-13H,10-11,14H2,(H,24,26). The molecule has 4 rings (SSSR count). The number of hydrogen-bond donors (Lipinski definition) is 1. The largest absolute Gasteiger partial charge is 0.489 e. The molecule has 0 saturated carbocycles. The fourth-order valence-corrected chi connectivity index (χ4v) is 3.17. The number of benzene rings is 2. The zero-order valence-corrected chi connectivity index (χ0v) is 15.3. The first kappa shape index (κ1) is 17.4. The van der Waals surface area contributed by atoms with Gasteiger partial charge in [0.1, 0.15) is 12.4 Å². The lowest BCUT2D eigenvalue weighted by Crippen LogP contribution is -2.14. The van der Waals surface area contributed by atoms with E-state index in [1.807, 2.05) is 60.7 Å². The lowest BCUT2D eigenvalue weighted by molar-refractivity contribution is 0.306. The molecule has 0 amide bonds. The van der Waals surface area contributed by atoms with Crippen molar-refractivity contribution in [2.75, 3.05) is 5.88 Å². The molecular weight excluding hydrogens is 362 g/mol. The number of ether oxygens (including phenoxy) is 1. The summed E-state index contributed by atoms with van der Waals surface area (Å²) >= 11 is 5.78. The van der Waals surface area contributed by atoms with Crippen LogP contribution in [-0.2, 0) is 13.0 Å². The van der Waals surface area contributed by atoms with Crippen molar-refractivity contribution in [1.82, 2.24) is 14.5 Å². The third kappa shape index (κ3) is 3.73. The number of hydrogen-bond acceptors (Lipinski definition) is 3. The highest BCUT2D eigenvalue weighted by Crippen LogP contribution is 2.19. The number of halogens is 1. The van der Waals surface area contributed by atoms with Gasteiger partial charge < -0.3 is 9.72 Å². The first-order valence-electron chi connectivity index (χ1n) is 8.67. The van der Waals surface area contributed by atoms with Crippen LogP contribution in [0.4, 0.5) is 0 Å². The van der Waals surface area contributed by atoms with E-state index in [9.17, 15) is 4.79 Å². The van der Waals surface area contributed by atoms with E-state index in [1.165, 1.54) is 0 Å². The maximum Gasteiger partial charge on any atom is 0.332 e. The Bertz CT molecular complexity index is 1100. The molecule has 0 aliphatic carbocycles. The van der Waals surface area contributed by atoms with Crippen LogP contribution in [0.5, 0.6) is 5.75 Å². The highest BCUT2D eigenvalue weighted by atomic mass is 35.5. The second kappa shape index (κ2) is 7.68. The number of alkyl halides is 1. The van der Waals surface area contributed by atoms with Gasteiger partial charge in [-0.2, -0.15) is 0 Å². The molecule has 0 bridgehead atoms. The van der Waals surface area contributed by atoms with Crippen LogP contribution in [0, 0.1) is 0 Å². The van der Waals surface area contributed by atoms with Crippen molar-refractivity contribution in [2.45, 2.75) is 13.0 Å². The van der Waals surface area contributed by atoms with Gasteiger partial charge in [-0.05, 0) is 47.9 Å². The molecule has 0 atom stereocenters. The van der Waals surface area contributed by atoms with Crippen LogP contribution in [0.1, 0.15) is 11.1 Å². The van der Waals surface area contributed by atoms with E-state index in [-0.39, 0.29) is 5.69 Å². The van der Waals surface area contributed by atoms with Crippen LogP contribution in [0.3, 0.4) is 0 Å². The molecule has 0 unspecified atom stereocenters. The van der Waals surface area contributed by atoms with Gasteiger partial charge in [-0.15, -0.1) is 11.6 Å². The normalized spacial score (nSPS) is 11.0. The zero-order valence-electron chi connectivity index (χ0n) is 14.6. The first-order valence-corrected chi connectivity index (χ1v) is 9.21. The molecule has 1 N–H and O–H groups in total. The molecule has 0 spiro atoms. The van der Waals surface area contributed by atoms with Crippen molar-refractivity contribution < 1.29 is 4.74 Å². The quantitative estimate of drug-likeness (QED) is 0.513. The summed E-state index contributed by atoms with van der Waals surface area (Å²) in [5.74, 6) is 1.26. The summed E-state index contributed by atoms with van der Waals surface area (Å²) in [6.07, 6.45) is 2.47. The van der Waals surface area contributed by atoms with E-state index in [4.69, 9.17) is 16.3 Å². The SMILES string of the molecule is O=c1[nH]c2cc(CCCl)cnc2n1-c1ccc(OCc2ccccc2)cc1. The van der Waals surface area contributed by atoms with Crippen LogP contribution in [-0.4, -0.2) is 20.4 Å². The fraction of sp³-hybridized carbons (Fsp3) is 0.143. The third-order valence-electron chi connectivity index (χ3n) is 4.31. The van der Waals surface area contributed by atoms with Gasteiger partial charge in [-0.1, -0.05) is 30.3 Å². The van der Waals surface area contributed by atoms with Crippen LogP contribution in [0.15, 0.2) is 71.7 Å². The lowest BCUT2D eigenvalue weighted by atomic mass is 10.2. The van der Waals surface area contributed by atoms with E-state index in [0.29, 0.717) is 30.1 Å².